The minimum absolute atomic E-state index is 0.0995. The Labute approximate surface area is 71.4 Å². The summed E-state index contributed by atoms with van der Waals surface area (Å²) in [5, 5.41) is 2.97. The highest BCUT2D eigenvalue weighted by atomic mass is 16.1. The van der Waals surface area contributed by atoms with E-state index >= 15 is 0 Å². The lowest BCUT2D eigenvalue weighted by Gasteiger charge is -2.09. The zero-order valence-electron chi connectivity index (χ0n) is 7.29. The van der Waals surface area contributed by atoms with Crippen molar-refractivity contribution < 1.29 is 4.79 Å². The molecule has 1 unspecified atom stereocenters. The van der Waals surface area contributed by atoms with Crippen LogP contribution in [-0.4, -0.2) is 29.3 Å². The summed E-state index contributed by atoms with van der Waals surface area (Å²) in [5.74, 6) is 0.0473. The quantitative estimate of drug-likeness (QED) is 0.678. The molecule has 1 aromatic rings. The van der Waals surface area contributed by atoms with Gasteiger partial charge in [0.15, 0.2) is 0 Å². The van der Waals surface area contributed by atoms with Crippen molar-refractivity contribution in [2.45, 2.75) is 12.8 Å². The standard InChI is InChI=1S/C8H13N3O/c1-6(12)7(3-9-2)8-4-10-5-11-8/h4-5,7,9H,3H2,1-2H3,(H,10,11). The second-order valence-corrected chi connectivity index (χ2v) is 2.73. The molecule has 12 heavy (non-hydrogen) atoms. The van der Waals surface area contributed by atoms with Crippen LogP contribution in [0.15, 0.2) is 12.5 Å². The number of nitrogens with one attached hydrogen (secondary N) is 2. The maximum absolute atomic E-state index is 11.1. The van der Waals surface area contributed by atoms with Crippen LogP contribution in [-0.2, 0) is 4.79 Å². The van der Waals surface area contributed by atoms with E-state index in [-0.39, 0.29) is 11.7 Å². The van der Waals surface area contributed by atoms with Crippen molar-refractivity contribution in [3.63, 3.8) is 0 Å². The third-order valence-corrected chi connectivity index (χ3v) is 1.79. The zero-order chi connectivity index (χ0) is 8.97. The van der Waals surface area contributed by atoms with Gasteiger partial charge in [-0.3, -0.25) is 4.79 Å². The molecular weight excluding hydrogens is 154 g/mol. The average Bonchev–Trinajstić information content (AvgIpc) is 2.51. The fourth-order valence-corrected chi connectivity index (χ4v) is 1.13. The van der Waals surface area contributed by atoms with E-state index in [4.69, 9.17) is 0 Å². The van der Waals surface area contributed by atoms with E-state index in [0.717, 1.165) is 5.69 Å². The molecule has 0 spiro atoms. The van der Waals surface area contributed by atoms with Gasteiger partial charge in [0.05, 0.1) is 12.2 Å². The van der Waals surface area contributed by atoms with Crippen LogP contribution in [0.25, 0.3) is 0 Å². The molecule has 0 radical (unpaired) electrons. The number of nitrogens with zero attached hydrogens (tertiary/aromatic N) is 1. The minimum atomic E-state index is -0.0995. The molecule has 66 valence electrons. The van der Waals surface area contributed by atoms with Crippen molar-refractivity contribution in [3.8, 4) is 0 Å². The molecule has 0 amide bonds. The highest BCUT2D eigenvalue weighted by Crippen LogP contribution is 2.11. The van der Waals surface area contributed by atoms with Gasteiger partial charge in [-0.25, -0.2) is 4.98 Å². The first-order valence-electron chi connectivity index (χ1n) is 3.89. The van der Waals surface area contributed by atoms with E-state index in [9.17, 15) is 4.79 Å². The number of Topliss-reactive ketones (excluding diaryl/α,β-unsaturated/α-hetero) is 1. The van der Waals surface area contributed by atoms with Gasteiger partial charge >= 0.3 is 0 Å². The Morgan fingerprint density at radius 1 is 1.83 bits per heavy atom. The van der Waals surface area contributed by atoms with Crippen LogP contribution < -0.4 is 5.32 Å². The van der Waals surface area contributed by atoms with Gasteiger partial charge in [-0.2, -0.15) is 0 Å². The van der Waals surface area contributed by atoms with Gasteiger partial charge in [0, 0.05) is 18.4 Å². The van der Waals surface area contributed by atoms with Gasteiger partial charge in [0.1, 0.15) is 5.78 Å². The molecule has 1 aromatic heterocycles. The first kappa shape index (κ1) is 8.93. The van der Waals surface area contributed by atoms with Crippen LogP contribution in [0.1, 0.15) is 18.5 Å². The molecule has 0 saturated heterocycles. The Morgan fingerprint density at radius 2 is 2.58 bits per heavy atom. The van der Waals surface area contributed by atoms with Crippen LogP contribution in [0.4, 0.5) is 0 Å². The molecule has 1 atom stereocenters. The molecule has 0 aliphatic heterocycles. The van der Waals surface area contributed by atoms with E-state index in [1.165, 1.54) is 0 Å². The topological polar surface area (TPSA) is 57.8 Å². The Bertz CT molecular complexity index is 243. The molecule has 0 saturated carbocycles. The molecule has 0 aromatic carbocycles. The number of hydrogen-bond donors (Lipinski definition) is 2. The minimum Gasteiger partial charge on any atom is -0.348 e. The lowest BCUT2D eigenvalue weighted by atomic mass is 10.0. The van der Waals surface area contributed by atoms with E-state index in [1.54, 1.807) is 19.4 Å². The van der Waals surface area contributed by atoms with Crippen LogP contribution in [0, 0.1) is 0 Å². The van der Waals surface area contributed by atoms with Gasteiger partial charge < -0.3 is 10.3 Å². The van der Waals surface area contributed by atoms with E-state index in [1.807, 2.05) is 7.05 Å². The number of hydrogen-bond acceptors (Lipinski definition) is 3. The highest BCUT2D eigenvalue weighted by Gasteiger charge is 2.16. The van der Waals surface area contributed by atoms with Gasteiger partial charge in [0.2, 0.25) is 0 Å². The highest BCUT2D eigenvalue weighted by molar-refractivity contribution is 5.83. The molecule has 2 N–H and O–H groups in total. The smallest absolute Gasteiger partial charge is 0.140 e. The Morgan fingerprint density at radius 3 is 3.00 bits per heavy atom. The Kier molecular flexibility index (Phi) is 2.99. The predicted molar refractivity (Wildman–Crippen MR) is 45.9 cm³/mol. The third-order valence-electron chi connectivity index (χ3n) is 1.79. The molecule has 4 heteroatoms. The number of imidazole rings is 1. The molecule has 1 heterocycles. The van der Waals surface area contributed by atoms with Crippen LogP contribution in [0.5, 0.6) is 0 Å². The molecule has 0 bridgehead atoms. The van der Waals surface area contributed by atoms with Gasteiger partial charge in [-0.1, -0.05) is 0 Å². The van der Waals surface area contributed by atoms with Crippen molar-refractivity contribution in [2.75, 3.05) is 13.6 Å². The van der Waals surface area contributed by atoms with Crippen molar-refractivity contribution in [1.29, 1.82) is 0 Å². The van der Waals surface area contributed by atoms with Gasteiger partial charge in [0.25, 0.3) is 0 Å². The molecule has 0 aliphatic carbocycles. The number of H-pyrrole nitrogens is 1. The summed E-state index contributed by atoms with van der Waals surface area (Å²) < 4.78 is 0. The Hall–Kier alpha value is -1.16. The predicted octanol–water partition coefficient (Wildman–Crippen LogP) is 0.302. The monoisotopic (exact) mass is 167 g/mol. The first-order valence-corrected chi connectivity index (χ1v) is 3.89. The summed E-state index contributed by atoms with van der Waals surface area (Å²) in [5.41, 5.74) is 0.872. The molecular formula is C8H13N3O. The van der Waals surface area contributed by atoms with E-state index in [2.05, 4.69) is 15.3 Å². The first-order chi connectivity index (χ1) is 5.75. The number of aromatic amines is 1. The van der Waals surface area contributed by atoms with Crippen LogP contribution in [0.2, 0.25) is 0 Å². The Balaban J connectivity index is 2.73. The molecule has 0 aliphatic rings. The van der Waals surface area contributed by atoms with Gasteiger partial charge in [-0.05, 0) is 14.0 Å². The molecule has 0 fully saturated rings. The number of carbonyl (C=O) groups is 1. The van der Waals surface area contributed by atoms with E-state index in [0.29, 0.717) is 6.54 Å². The number of rotatable bonds is 4. The second kappa shape index (κ2) is 4.01. The van der Waals surface area contributed by atoms with Crippen molar-refractivity contribution in [2.24, 2.45) is 0 Å². The maximum atomic E-state index is 11.1. The number of ketones is 1. The lowest BCUT2D eigenvalue weighted by Crippen LogP contribution is -2.22. The number of aromatic nitrogens is 2. The normalized spacial score (nSPS) is 12.8. The number of carbonyl (C=O) groups excluding carboxylic acids is 1. The fraction of sp³-hybridized carbons (Fsp3) is 0.500. The molecule has 1 rings (SSSR count). The van der Waals surface area contributed by atoms with E-state index < -0.39 is 0 Å². The van der Waals surface area contributed by atoms with Crippen LogP contribution in [0.3, 0.4) is 0 Å². The fourth-order valence-electron chi connectivity index (χ4n) is 1.13. The summed E-state index contributed by atoms with van der Waals surface area (Å²) >= 11 is 0. The second-order valence-electron chi connectivity index (χ2n) is 2.73. The maximum Gasteiger partial charge on any atom is 0.140 e. The summed E-state index contributed by atoms with van der Waals surface area (Å²) in [6, 6.07) is 0. The van der Waals surface area contributed by atoms with Crippen molar-refractivity contribution >= 4 is 5.78 Å². The summed E-state index contributed by atoms with van der Waals surface area (Å²) in [6.07, 6.45) is 3.27. The summed E-state index contributed by atoms with van der Waals surface area (Å²) in [6.45, 7) is 2.24. The van der Waals surface area contributed by atoms with Crippen LogP contribution >= 0.6 is 0 Å². The third kappa shape index (κ3) is 1.92. The van der Waals surface area contributed by atoms with Crippen molar-refractivity contribution in [1.82, 2.24) is 15.3 Å². The lowest BCUT2D eigenvalue weighted by molar-refractivity contribution is -0.118. The SMILES string of the molecule is CNCC(C(C)=O)c1cnc[nH]1. The van der Waals surface area contributed by atoms with Crippen molar-refractivity contribution in [3.05, 3.63) is 18.2 Å². The summed E-state index contributed by atoms with van der Waals surface area (Å²) in [4.78, 5) is 17.9. The average molecular weight is 167 g/mol. The molecule has 4 nitrogen and oxygen atoms in total. The van der Waals surface area contributed by atoms with Gasteiger partial charge in [-0.15, -0.1) is 0 Å². The number of likely N-dealkylation sites (N-methyl/N-ethyl adjacent to an activating group) is 1. The largest absolute Gasteiger partial charge is 0.348 e. The zero-order valence-corrected chi connectivity index (χ0v) is 7.29. The summed E-state index contributed by atoms with van der Waals surface area (Å²) in [7, 11) is 1.83.